The third-order valence-electron chi connectivity index (χ3n) is 2.99. The van der Waals surface area contributed by atoms with Crippen molar-refractivity contribution >= 4 is 11.6 Å². The van der Waals surface area contributed by atoms with Crippen LogP contribution in [0.5, 0.6) is 11.5 Å². The largest absolute Gasteiger partial charge is 0.493 e. The number of hydrogen-bond donors (Lipinski definition) is 1. The molecule has 0 radical (unpaired) electrons. The summed E-state index contributed by atoms with van der Waals surface area (Å²) in [6, 6.07) is 3.94. The van der Waals surface area contributed by atoms with E-state index in [2.05, 4.69) is 6.92 Å². The SMILES string of the molecule is CCOCCOc1c(Cl)cc(CC(N)CC)cc1OC. The summed E-state index contributed by atoms with van der Waals surface area (Å²) in [5.41, 5.74) is 7.02. The van der Waals surface area contributed by atoms with Gasteiger partial charge in [0.1, 0.15) is 6.61 Å². The topological polar surface area (TPSA) is 53.7 Å². The predicted molar refractivity (Wildman–Crippen MR) is 82.0 cm³/mol. The number of nitrogens with two attached hydrogens (primary N) is 1. The van der Waals surface area contributed by atoms with Crippen LogP contribution in [-0.2, 0) is 11.2 Å². The van der Waals surface area contributed by atoms with Crippen molar-refractivity contribution in [1.29, 1.82) is 0 Å². The standard InChI is InChI=1S/C15H24ClNO3/c1-4-12(17)8-11-9-13(16)15(14(10-11)18-3)20-7-6-19-5-2/h9-10,12H,4-8,17H2,1-3H3. The summed E-state index contributed by atoms with van der Waals surface area (Å²) in [5.74, 6) is 1.19. The highest BCUT2D eigenvalue weighted by atomic mass is 35.5. The molecule has 0 aliphatic carbocycles. The Morgan fingerprint density at radius 2 is 2.00 bits per heavy atom. The molecule has 20 heavy (non-hydrogen) atoms. The fourth-order valence-corrected chi connectivity index (χ4v) is 2.11. The lowest BCUT2D eigenvalue weighted by molar-refractivity contribution is 0.109. The van der Waals surface area contributed by atoms with E-state index < -0.39 is 0 Å². The van der Waals surface area contributed by atoms with Crippen LogP contribution in [0.2, 0.25) is 5.02 Å². The van der Waals surface area contributed by atoms with Gasteiger partial charge in [-0.3, -0.25) is 0 Å². The molecule has 1 unspecified atom stereocenters. The molecule has 0 aliphatic heterocycles. The number of ether oxygens (including phenoxy) is 3. The summed E-state index contributed by atoms with van der Waals surface area (Å²) >= 11 is 6.27. The molecule has 1 aromatic rings. The molecule has 0 saturated carbocycles. The van der Waals surface area contributed by atoms with Gasteiger partial charge in [-0.15, -0.1) is 0 Å². The fraction of sp³-hybridized carbons (Fsp3) is 0.600. The second kappa shape index (κ2) is 9.06. The van der Waals surface area contributed by atoms with Crippen LogP contribution in [0.15, 0.2) is 12.1 Å². The second-order valence-electron chi connectivity index (χ2n) is 4.53. The highest BCUT2D eigenvalue weighted by Gasteiger charge is 2.13. The van der Waals surface area contributed by atoms with Crippen molar-refractivity contribution in [3.8, 4) is 11.5 Å². The first-order valence-electron chi connectivity index (χ1n) is 6.94. The van der Waals surface area contributed by atoms with Crippen LogP contribution in [0.4, 0.5) is 0 Å². The Labute approximate surface area is 126 Å². The summed E-state index contributed by atoms with van der Waals surface area (Å²) in [6.07, 6.45) is 1.69. The number of rotatable bonds is 9. The molecule has 2 N–H and O–H groups in total. The van der Waals surface area contributed by atoms with E-state index >= 15 is 0 Å². The minimum absolute atomic E-state index is 0.125. The van der Waals surface area contributed by atoms with E-state index in [-0.39, 0.29) is 6.04 Å². The Morgan fingerprint density at radius 1 is 1.25 bits per heavy atom. The molecular weight excluding hydrogens is 278 g/mol. The van der Waals surface area contributed by atoms with E-state index in [0.29, 0.717) is 36.3 Å². The molecule has 0 aliphatic rings. The first-order chi connectivity index (χ1) is 9.62. The maximum atomic E-state index is 6.27. The molecule has 1 aromatic carbocycles. The number of halogens is 1. The number of benzene rings is 1. The number of hydrogen-bond acceptors (Lipinski definition) is 4. The molecule has 0 amide bonds. The second-order valence-corrected chi connectivity index (χ2v) is 4.93. The van der Waals surface area contributed by atoms with Gasteiger partial charge in [-0.2, -0.15) is 0 Å². The van der Waals surface area contributed by atoms with Crippen molar-refractivity contribution in [2.75, 3.05) is 26.9 Å². The zero-order chi connectivity index (χ0) is 15.0. The molecule has 0 saturated heterocycles. The lowest BCUT2D eigenvalue weighted by atomic mass is 10.0. The van der Waals surface area contributed by atoms with Gasteiger partial charge >= 0.3 is 0 Å². The van der Waals surface area contributed by atoms with Crippen LogP contribution in [0.1, 0.15) is 25.8 Å². The minimum Gasteiger partial charge on any atom is -0.493 e. The predicted octanol–water partition coefficient (Wildman–Crippen LogP) is 3.04. The molecule has 1 atom stereocenters. The Bertz CT molecular complexity index is 412. The Balaban J connectivity index is 2.79. The average molecular weight is 302 g/mol. The maximum Gasteiger partial charge on any atom is 0.179 e. The van der Waals surface area contributed by atoms with E-state index in [1.54, 1.807) is 7.11 Å². The van der Waals surface area contributed by atoms with Crippen molar-refractivity contribution in [2.45, 2.75) is 32.7 Å². The average Bonchev–Trinajstić information content (AvgIpc) is 2.44. The molecule has 4 nitrogen and oxygen atoms in total. The summed E-state index contributed by atoms with van der Waals surface area (Å²) in [7, 11) is 1.60. The van der Waals surface area contributed by atoms with Gasteiger partial charge in [-0.05, 0) is 37.5 Å². The summed E-state index contributed by atoms with van der Waals surface area (Å²) in [4.78, 5) is 0. The van der Waals surface area contributed by atoms with Gasteiger partial charge in [0, 0.05) is 12.6 Å². The molecule has 0 aromatic heterocycles. The first-order valence-corrected chi connectivity index (χ1v) is 7.32. The van der Waals surface area contributed by atoms with Gasteiger partial charge in [-0.25, -0.2) is 0 Å². The van der Waals surface area contributed by atoms with E-state index in [4.69, 9.17) is 31.5 Å². The van der Waals surface area contributed by atoms with Crippen molar-refractivity contribution in [3.05, 3.63) is 22.7 Å². The van der Waals surface area contributed by atoms with Gasteiger partial charge < -0.3 is 19.9 Å². The molecule has 1 rings (SSSR count). The molecule has 0 spiro atoms. The van der Waals surface area contributed by atoms with Crippen LogP contribution in [0.3, 0.4) is 0 Å². The van der Waals surface area contributed by atoms with Crippen molar-refractivity contribution in [1.82, 2.24) is 0 Å². The van der Waals surface area contributed by atoms with Gasteiger partial charge in [-0.1, -0.05) is 18.5 Å². The quantitative estimate of drug-likeness (QED) is 0.712. The molecule has 5 heteroatoms. The highest BCUT2D eigenvalue weighted by molar-refractivity contribution is 6.32. The van der Waals surface area contributed by atoms with Crippen LogP contribution in [-0.4, -0.2) is 33.0 Å². The minimum atomic E-state index is 0.125. The lowest BCUT2D eigenvalue weighted by Crippen LogP contribution is -2.21. The molecular formula is C15H24ClNO3. The molecule has 114 valence electrons. The van der Waals surface area contributed by atoms with Crippen LogP contribution in [0, 0.1) is 0 Å². The molecule has 0 bridgehead atoms. The van der Waals surface area contributed by atoms with Crippen molar-refractivity contribution in [3.63, 3.8) is 0 Å². The first kappa shape index (κ1) is 17.1. The van der Waals surface area contributed by atoms with Crippen molar-refractivity contribution in [2.24, 2.45) is 5.73 Å². The van der Waals surface area contributed by atoms with E-state index in [9.17, 15) is 0 Å². The van der Waals surface area contributed by atoms with E-state index in [1.165, 1.54) is 0 Å². The van der Waals surface area contributed by atoms with Gasteiger partial charge in [0.2, 0.25) is 0 Å². The lowest BCUT2D eigenvalue weighted by Gasteiger charge is -2.15. The van der Waals surface area contributed by atoms with Gasteiger partial charge in [0.05, 0.1) is 18.7 Å². The highest BCUT2D eigenvalue weighted by Crippen LogP contribution is 2.36. The Hall–Kier alpha value is -0.970. The summed E-state index contributed by atoms with van der Waals surface area (Å²) in [6.45, 7) is 5.65. The maximum absolute atomic E-state index is 6.27. The van der Waals surface area contributed by atoms with Gasteiger partial charge in [0.25, 0.3) is 0 Å². The molecule has 0 heterocycles. The van der Waals surface area contributed by atoms with E-state index in [0.717, 1.165) is 18.4 Å². The van der Waals surface area contributed by atoms with Crippen LogP contribution >= 0.6 is 11.6 Å². The normalized spacial score (nSPS) is 12.2. The summed E-state index contributed by atoms with van der Waals surface area (Å²) in [5, 5.41) is 0.541. The zero-order valence-corrected chi connectivity index (χ0v) is 13.2. The van der Waals surface area contributed by atoms with Crippen molar-refractivity contribution < 1.29 is 14.2 Å². The third-order valence-corrected chi connectivity index (χ3v) is 3.27. The smallest absolute Gasteiger partial charge is 0.179 e. The summed E-state index contributed by atoms with van der Waals surface area (Å²) < 4.78 is 16.2. The fourth-order valence-electron chi connectivity index (χ4n) is 1.83. The third kappa shape index (κ3) is 5.19. The van der Waals surface area contributed by atoms with Crippen LogP contribution < -0.4 is 15.2 Å². The van der Waals surface area contributed by atoms with E-state index in [1.807, 2.05) is 19.1 Å². The monoisotopic (exact) mass is 301 g/mol. The number of methoxy groups -OCH3 is 1. The van der Waals surface area contributed by atoms with Gasteiger partial charge in [0.15, 0.2) is 11.5 Å². The Kier molecular flexibility index (Phi) is 7.73. The molecule has 0 fully saturated rings. The van der Waals surface area contributed by atoms with Crippen LogP contribution in [0.25, 0.3) is 0 Å². The zero-order valence-electron chi connectivity index (χ0n) is 12.4. The Morgan fingerprint density at radius 3 is 2.60 bits per heavy atom.